The van der Waals surface area contributed by atoms with Crippen molar-refractivity contribution < 1.29 is 18.3 Å². The van der Waals surface area contributed by atoms with Crippen LogP contribution in [0.15, 0.2) is 65.6 Å². The Bertz CT molecular complexity index is 1020. The molecule has 6 nitrogen and oxygen atoms in total. The Kier molecular flexibility index (Phi) is 5.29. The number of carbonyl (C=O) groups is 1. The minimum absolute atomic E-state index is 0.0996. The van der Waals surface area contributed by atoms with Gasteiger partial charge in [0.25, 0.3) is 0 Å². The fraction of sp³-hybridized carbons (Fsp3) is 0.318. The molecule has 1 N–H and O–H groups in total. The zero-order chi connectivity index (χ0) is 20.6. The van der Waals surface area contributed by atoms with Crippen LogP contribution in [-0.2, 0) is 14.8 Å². The van der Waals surface area contributed by atoms with Crippen molar-refractivity contribution in [1.29, 1.82) is 0 Å². The highest BCUT2D eigenvalue weighted by atomic mass is 32.2. The second kappa shape index (κ2) is 7.74. The van der Waals surface area contributed by atoms with Crippen LogP contribution in [0.2, 0.25) is 0 Å². The summed E-state index contributed by atoms with van der Waals surface area (Å²) in [7, 11) is -3.75. The van der Waals surface area contributed by atoms with E-state index in [1.807, 2.05) is 43.3 Å². The first-order valence-corrected chi connectivity index (χ1v) is 11.1. The second-order valence-corrected chi connectivity index (χ2v) is 9.36. The van der Waals surface area contributed by atoms with Crippen LogP contribution in [0, 0.1) is 0 Å². The average molecular weight is 413 g/mol. The Hall–Kier alpha value is -2.48. The summed E-state index contributed by atoms with van der Waals surface area (Å²) in [5.74, 6) is -0.362. The molecular weight excluding hydrogens is 388 g/mol. The van der Waals surface area contributed by atoms with E-state index in [4.69, 9.17) is 0 Å². The van der Waals surface area contributed by atoms with Gasteiger partial charge in [-0.15, -0.1) is 0 Å². The number of aliphatic hydroxyl groups excluding tert-OH is 1. The van der Waals surface area contributed by atoms with Gasteiger partial charge in [0.1, 0.15) is 0 Å². The summed E-state index contributed by atoms with van der Waals surface area (Å²) in [6.07, 6.45) is 3.96. The summed E-state index contributed by atoms with van der Waals surface area (Å²) in [4.78, 5) is 14.6. The Morgan fingerprint density at radius 1 is 1.10 bits per heavy atom. The maximum Gasteiger partial charge on any atom is 0.243 e. The van der Waals surface area contributed by atoms with E-state index in [0.29, 0.717) is 0 Å². The number of fused-ring (bicyclic) bond motifs is 1. The first-order valence-electron chi connectivity index (χ1n) is 9.67. The molecule has 2 aromatic rings. The fourth-order valence-electron chi connectivity index (χ4n) is 4.42. The number of rotatable bonds is 5. The quantitative estimate of drug-likeness (QED) is 0.816. The van der Waals surface area contributed by atoms with Crippen LogP contribution in [0.4, 0.5) is 0 Å². The molecule has 0 bridgehead atoms. The predicted octanol–water partition coefficient (Wildman–Crippen LogP) is 2.08. The van der Waals surface area contributed by atoms with E-state index in [1.54, 1.807) is 35.2 Å². The lowest BCUT2D eigenvalue weighted by Gasteiger charge is -2.58. The van der Waals surface area contributed by atoms with E-state index < -0.39 is 10.0 Å². The van der Waals surface area contributed by atoms with Crippen LogP contribution in [-0.4, -0.2) is 60.4 Å². The van der Waals surface area contributed by atoms with Crippen LogP contribution in [0.25, 0.3) is 6.08 Å². The van der Waals surface area contributed by atoms with Gasteiger partial charge in [0, 0.05) is 12.5 Å². The molecule has 1 amide bonds. The molecule has 0 unspecified atom stereocenters. The van der Waals surface area contributed by atoms with Gasteiger partial charge in [0.15, 0.2) is 0 Å². The molecule has 2 aliphatic rings. The number of amides is 1. The van der Waals surface area contributed by atoms with E-state index in [9.17, 15) is 18.3 Å². The molecule has 2 aliphatic heterocycles. The molecule has 2 fully saturated rings. The molecule has 2 saturated heterocycles. The molecule has 0 aliphatic carbocycles. The molecule has 7 heteroatoms. The Morgan fingerprint density at radius 2 is 1.79 bits per heavy atom. The van der Waals surface area contributed by atoms with Gasteiger partial charge in [-0.3, -0.25) is 4.79 Å². The normalized spacial score (nSPS) is 25.1. The summed E-state index contributed by atoms with van der Waals surface area (Å²) in [6, 6.07) is 15.6. The van der Waals surface area contributed by atoms with Crippen LogP contribution in [0.1, 0.15) is 24.0 Å². The standard InChI is InChI=1S/C22H24N2O4S/c1-2-6-16-9-11-17(12-10-16)22-19-13-23(14-21(26)24(19)20(22)15-25)29(27,28)18-7-4-3-5-8-18/h2-12,19-20,22,25H,13-15H2,1H3/t19-,20-,22+/m1/s1. The molecule has 2 aromatic carbocycles. The number of carbonyl (C=O) groups excluding carboxylic acids is 1. The largest absolute Gasteiger partial charge is 0.394 e. The van der Waals surface area contributed by atoms with Crippen molar-refractivity contribution in [3.05, 3.63) is 71.8 Å². The SMILES string of the molecule is CC=Cc1ccc([C@@H]2[C@@H](CO)N3C(=O)CN(S(=O)(=O)c4ccccc4)C[C@H]23)cc1. The second-order valence-electron chi connectivity index (χ2n) is 7.42. The third-order valence-electron chi connectivity index (χ3n) is 5.78. The molecule has 2 heterocycles. The maximum atomic E-state index is 13.0. The molecule has 152 valence electrons. The van der Waals surface area contributed by atoms with Crippen LogP contribution in [0.3, 0.4) is 0 Å². The van der Waals surface area contributed by atoms with E-state index in [1.165, 1.54) is 4.31 Å². The number of aliphatic hydroxyl groups is 1. The van der Waals surface area contributed by atoms with Crippen molar-refractivity contribution in [3.8, 4) is 0 Å². The number of sulfonamides is 1. The summed E-state index contributed by atoms with van der Waals surface area (Å²) >= 11 is 0. The average Bonchev–Trinajstić information content (AvgIpc) is 2.71. The van der Waals surface area contributed by atoms with Crippen LogP contribution >= 0.6 is 0 Å². The Labute approximate surface area is 171 Å². The minimum atomic E-state index is -3.75. The molecule has 29 heavy (non-hydrogen) atoms. The van der Waals surface area contributed by atoms with Crippen molar-refractivity contribution in [2.45, 2.75) is 29.8 Å². The lowest BCUT2D eigenvalue weighted by atomic mass is 9.74. The van der Waals surface area contributed by atoms with Crippen LogP contribution in [0.5, 0.6) is 0 Å². The van der Waals surface area contributed by atoms with Gasteiger partial charge in [0.2, 0.25) is 15.9 Å². The van der Waals surface area contributed by atoms with Crippen molar-refractivity contribution in [2.24, 2.45) is 0 Å². The highest BCUT2D eigenvalue weighted by Gasteiger charge is 2.55. The lowest BCUT2D eigenvalue weighted by molar-refractivity contribution is -0.158. The molecular formula is C22H24N2O4S. The summed E-state index contributed by atoms with van der Waals surface area (Å²) in [5.41, 5.74) is 2.08. The van der Waals surface area contributed by atoms with Gasteiger partial charge >= 0.3 is 0 Å². The highest BCUT2D eigenvalue weighted by Crippen LogP contribution is 2.43. The van der Waals surface area contributed by atoms with E-state index in [2.05, 4.69) is 0 Å². The molecule has 0 radical (unpaired) electrons. The number of benzene rings is 2. The maximum absolute atomic E-state index is 13.0. The summed E-state index contributed by atoms with van der Waals surface area (Å²) in [5, 5.41) is 9.88. The number of hydrogen-bond acceptors (Lipinski definition) is 4. The van der Waals surface area contributed by atoms with E-state index in [-0.39, 0.29) is 48.5 Å². The highest BCUT2D eigenvalue weighted by molar-refractivity contribution is 7.89. The third kappa shape index (κ3) is 3.39. The third-order valence-corrected chi connectivity index (χ3v) is 7.61. The molecule has 0 spiro atoms. The fourth-order valence-corrected chi connectivity index (χ4v) is 5.84. The van der Waals surface area contributed by atoms with Gasteiger partial charge in [-0.25, -0.2) is 8.42 Å². The summed E-state index contributed by atoms with van der Waals surface area (Å²) < 4.78 is 27.3. The van der Waals surface area contributed by atoms with Gasteiger partial charge < -0.3 is 10.0 Å². The molecule has 0 saturated carbocycles. The number of nitrogens with zero attached hydrogens (tertiary/aromatic N) is 2. The predicted molar refractivity (Wildman–Crippen MR) is 111 cm³/mol. The smallest absolute Gasteiger partial charge is 0.243 e. The molecule has 4 rings (SSSR count). The molecule has 0 aromatic heterocycles. The Morgan fingerprint density at radius 3 is 2.41 bits per heavy atom. The minimum Gasteiger partial charge on any atom is -0.394 e. The monoisotopic (exact) mass is 412 g/mol. The van der Waals surface area contributed by atoms with Crippen molar-refractivity contribution in [3.63, 3.8) is 0 Å². The zero-order valence-electron chi connectivity index (χ0n) is 16.2. The van der Waals surface area contributed by atoms with Crippen molar-refractivity contribution in [1.82, 2.24) is 9.21 Å². The molecule has 3 atom stereocenters. The summed E-state index contributed by atoms with van der Waals surface area (Å²) in [6.45, 7) is 1.84. The van der Waals surface area contributed by atoms with Gasteiger partial charge in [-0.2, -0.15) is 4.31 Å². The van der Waals surface area contributed by atoms with Crippen molar-refractivity contribution in [2.75, 3.05) is 19.7 Å². The van der Waals surface area contributed by atoms with E-state index in [0.717, 1.165) is 11.1 Å². The van der Waals surface area contributed by atoms with E-state index >= 15 is 0 Å². The number of piperazine rings is 1. The first-order chi connectivity index (χ1) is 14.0. The van der Waals surface area contributed by atoms with Gasteiger partial charge in [-0.1, -0.05) is 54.6 Å². The number of allylic oxidation sites excluding steroid dienone is 1. The van der Waals surface area contributed by atoms with Crippen molar-refractivity contribution >= 4 is 22.0 Å². The first kappa shape index (κ1) is 19.8. The zero-order valence-corrected chi connectivity index (χ0v) is 17.0. The number of hydrogen-bond donors (Lipinski definition) is 1. The lowest BCUT2D eigenvalue weighted by Crippen LogP contribution is -2.73. The van der Waals surface area contributed by atoms with Gasteiger partial charge in [-0.05, 0) is 30.2 Å². The topological polar surface area (TPSA) is 77.9 Å². The Balaban J connectivity index is 1.62. The van der Waals surface area contributed by atoms with Crippen LogP contribution < -0.4 is 0 Å². The van der Waals surface area contributed by atoms with Gasteiger partial charge in [0.05, 0.1) is 30.1 Å².